The number of nitrogens with zero attached hydrogens (tertiary/aromatic N) is 1. The molecule has 0 radical (unpaired) electrons. The highest BCUT2D eigenvalue weighted by Crippen LogP contribution is 2.39. The third-order valence-electron chi connectivity index (χ3n) is 4.37. The van der Waals surface area contributed by atoms with Gasteiger partial charge < -0.3 is 5.32 Å². The Kier molecular flexibility index (Phi) is 3.36. The monoisotopic (exact) mass is 210 g/mol. The minimum atomic E-state index is 0.584. The van der Waals surface area contributed by atoms with Gasteiger partial charge in [0.25, 0.3) is 0 Å². The molecule has 1 heterocycles. The number of likely N-dealkylation sites (N-methyl/N-ethyl adjacent to an activating group) is 1. The Morgan fingerprint density at radius 2 is 2.00 bits per heavy atom. The fourth-order valence-electron chi connectivity index (χ4n) is 3.23. The number of hydrogen-bond acceptors (Lipinski definition) is 2. The van der Waals surface area contributed by atoms with Crippen LogP contribution >= 0.6 is 0 Å². The number of nitrogens with one attached hydrogen (secondary N) is 1. The molecule has 0 bridgehead atoms. The van der Waals surface area contributed by atoms with Crippen molar-refractivity contribution in [3.05, 3.63) is 0 Å². The first kappa shape index (κ1) is 11.4. The second kappa shape index (κ2) is 4.42. The van der Waals surface area contributed by atoms with Gasteiger partial charge in [-0.15, -0.1) is 0 Å². The zero-order valence-corrected chi connectivity index (χ0v) is 10.6. The Morgan fingerprint density at radius 1 is 1.20 bits per heavy atom. The van der Waals surface area contributed by atoms with Crippen molar-refractivity contribution < 1.29 is 0 Å². The standard InChI is InChI=1S/C13H26N2/c1-13(2)7-6-11(9-13)15(3)12-5-4-8-14-10-12/h11-12,14H,4-10H2,1-3H3. The van der Waals surface area contributed by atoms with Crippen LogP contribution in [0.15, 0.2) is 0 Å². The third kappa shape index (κ3) is 2.73. The van der Waals surface area contributed by atoms with E-state index in [0.717, 1.165) is 12.1 Å². The predicted octanol–water partition coefficient (Wildman–Crippen LogP) is 2.25. The van der Waals surface area contributed by atoms with E-state index in [0.29, 0.717) is 5.41 Å². The van der Waals surface area contributed by atoms with Gasteiger partial charge in [-0.3, -0.25) is 4.90 Å². The summed E-state index contributed by atoms with van der Waals surface area (Å²) in [5.41, 5.74) is 0.584. The van der Waals surface area contributed by atoms with E-state index in [9.17, 15) is 0 Å². The lowest BCUT2D eigenvalue weighted by molar-refractivity contribution is 0.141. The van der Waals surface area contributed by atoms with Crippen LogP contribution in [0.3, 0.4) is 0 Å². The summed E-state index contributed by atoms with van der Waals surface area (Å²) in [7, 11) is 2.34. The summed E-state index contributed by atoms with van der Waals surface area (Å²) < 4.78 is 0. The van der Waals surface area contributed by atoms with Crippen molar-refractivity contribution in [1.29, 1.82) is 0 Å². The van der Waals surface area contributed by atoms with Gasteiger partial charge in [0.2, 0.25) is 0 Å². The Balaban J connectivity index is 1.87. The van der Waals surface area contributed by atoms with Crippen LogP contribution in [0.2, 0.25) is 0 Å². The summed E-state index contributed by atoms with van der Waals surface area (Å²) in [5, 5.41) is 3.52. The average Bonchev–Trinajstić information content (AvgIpc) is 2.59. The number of piperidine rings is 1. The van der Waals surface area contributed by atoms with Gasteiger partial charge in [-0.1, -0.05) is 13.8 Å². The number of hydrogen-bond donors (Lipinski definition) is 1. The smallest absolute Gasteiger partial charge is 0.0221 e. The van der Waals surface area contributed by atoms with Crippen LogP contribution in [0.1, 0.15) is 46.0 Å². The lowest BCUT2D eigenvalue weighted by atomic mass is 9.91. The molecule has 0 amide bonds. The fraction of sp³-hybridized carbons (Fsp3) is 1.00. The fourth-order valence-corrected chi connectivity index (χ4v) is 3.23. The minimum absolute atomic E-state index is 0.584. The minimum Gasteiger partial charge on any atom is -0.315 e. The Bertz CT molecular complexity index is 207. The molecule has 15 heavy (non-hydrogen) atoms. The molecule has 2 atom stereocenters. The molecule has 1 saturated carbocycles. The zero-order valence-electron chi connectivity index (χ0n) is 10.6. The first-order valence-electron chi connectivity index (χ1n) is 6.51. The highest BCUT2D eigenvalue weighted by molar-refractivity contribution is 4.90. The highest BCUT2D eigenvalue weighted by Gasteiger charge is 2.35. The molecule has 2 nitrogen and oxygen atoms in total. The molecule has 0 aromatic carbocycles. The Morgan fingerprint density at radius 3 is 2.53 bits per heavy atom. The van der Waals surface area contributed by atoms with Gasteiger partial charge in [-0.25, -0.2) is 0 Å². The van der Waals surface area contributed by atoms with Crippen molar-refractivity contribution in [1.82, 2.24) is 10.2 Å². The van der Waals surface area contributed by atoms with E-state index in [1.54, 1.807) is 0 Å². The highest BCUT2D eigenvalue weighted by atomic mass is 15.2. The van der Waals surface area contributed by atoms with Gasteiger partial charge in [0, 0.05) is 18.6 Å². The van der Waals surface area contributed by atoms with E-state index < -0.39 is 0 Å². The topological polar surface area (TPSA) is 15.3 Å². The van der Waals surface area contributed by atoms with Crippen LogP contribution in [-0.4, -0.2) is 37.1 Å². The van der Waals surface area contributed by atoms with E-state index in [1.165, 1.54) is 45.2 Å². The molecule has 1 aliphatic carbocycles. The van der Waals surface area contributed by atoms with Crippen LogP contribution in [0.4, 0.5) is 0 Å². The first-order chi connectivity index (χ1) is 7.08. The van der Waals surface area contributed by atoms with Crippen molar-refractivity contribution in [2.45, 2.75) is 58.0 Å². The van der Waals surface area contributed by atoms with Gasteiger partial charge in [0.15, 0.2) is 0 Å². The van der Waals surface area contributed by atoms with Crippen molar-refractivity contribution in [2.75, 3.05) is 20.1 Å². The first-order valence-corrected chi connectivity index (χ1v) is 6.51. The normalized spacial score (nSPS) is 36.0. The lowest BCUT2D eigenvalue weighted by Crippen LogP contribution is -2.47. The molecule has 2 unspecified atom stereocenters. The van der Waals surface area contributed by atoms with Crippen molar-refractivity contribution in [3.63, 3.8) is 0 Å². The molecule has 0 aromatic rings. The van der Waals surface area contributed by atoms with Gasteiger partial charge in [0.1, 0.15) is 0 Å². The maximum absolute atomic E-state index is 3.52. The van der Waals surface area contributed by atoms with Crippen LogP contribution in [0, 0.1) is 5.41 Å². The molecule has 2 rings (SSSR count). The summed E-state index contributed by atoms with van der Waals surface area (Å²) in [6.07, 6.45) is 6.94. The zero-order chi connectivity index (χ0) is 10.9. The summed E-state index contributed by atoms with van der Waals surface area (Å²) in [6.45, 7) is 7.26. The maximum atomic E-state index is 3.52. The third-order valence-corrected chi connectivity index (χ3v) is 4.37. The van der Waals surface area contributed by atoms with Crippen LogP contribution in [0.5, 0.6) is 0 Å². The largest absolute Gasteiger partial charge is 0.315 e. The molecular formula is C13H26N2. The van der Waals surface area contributed by atoms with E-state index in [-0.39, 0.29) is 0 Å². The molecular weight excluding hydrogens is 184 g/mol. The van der Waals surface area contributed by atoms with E-state index in [2.05, 4.69) is 31.1 Å². The molecule has 2 fully saturated rings. The van der Waals surface area contributed by atoms with Gasteiger partial charge in [-0.05, 0) is 51.1 Å². The summed E-state index contributed by atoms with van der Waals surface area (Å²) in [6, 6.07) is 1.63. The molecule has 1 N–H and O–H groups in total. The van der Waals surface area contributed by atoms with Gasteiger partial charge in [-0.2, -0.15) is 0 Å². The van der Waals surface area contributed by atoms with Gasteiger partial charge >= 0.3 is 0 Å². The van der Waals surface area contributed by atoms with Crippen molar-refractivity contribution >= 4 is 0 Å². The second-order valence-electron chi connectivity index (χ2n) is 6.23. The summed E-state index contributed by atoms with van der Waals surface area (Å²) in [5.74, 6) is 0. The van der Waals surface area contributed by atoms with E-state index in [4.69, 9.17) is 0 Å². The van der Waals surface area contributed by atoms with Gasteiger partial charge in [0.05, 0.1) is 0 Å². The quantitative estimate of drug-likeness (QED) is 0.752. The molecule has 1 aliphatic heterocycles. The van der Waals surface area contributed by atoms with Crippen molar-refractivity contribution in [2.24, 2.45) is 5.41 Å². The molecule has 0 aromatic heterocycles. The predicted molar refractivity (Wildman–Crippen MR) is 65.1 cm³/mol. The van der Waals surface area contributed by atoms with E-state index in [1.807, 2.05) is 0 Å². The molecule has 2 heteroatoms. The SMILES string of the molecule is CN(C1CCCNC1)C1CCC(C)(C)C1. The van der Waals surface area contributed by atoms with Crippen LogP contribution < -0.4 is 5.32 Å². The molecule has 88 valence electrons. The maximum Gasteiger partial charge on any atom is 0.0221 e. The Hall–Kier alpha value is -0.0800. The summed E-state index contributed by atoms with van der Waals surface area (Å²) >= 11 is 0. The van der Waals surface area contributed by atoms with E-state index >= 15 is 0 Å². The second-order valence-corrected chi connectivity index (χ2v) is 6.23. The Labute approximate surface area is 94.4 Å². The average molecular weight is 210 g/mol. The van der Waals surface area contributed by atoms with Crippen molar-refractivity contribution in [3.8, 4) is 0 Å². The lowest BCUT2D eigenvalue weighted by Gasteiger charge is -2.36. The summed E-state index contributed by atoms with van der Waals surface area (Å²) in [4.78, 5) is 2.65. The van der Waals surface area contributed by atoms with Crippen LogP contribution in [0.25, 0.3) is 0 Å². The number of rotatable bonds is 2. The van der Waals surface area contributed by atoms with Crippen LogP contribution in [-0.2, 0) is 0 Å². The molecule has 2 aliphatic rings. The molecule has 1 saturated heterocycles. The molecule has 0 spiro atoms.